The van der Waals surface area contributed by atoms with E-state index in [1.165, 1.54) is 4.90 Å². The van der Waals surface area contributed by atoms with Gasteiger partial charge in [-0.3, -0.25) is 15.1 Å². The number of rotatable bonds is 4. The van der Waals surface area contributed by atoms with Crippen LogP contribution in [-0.4, -0.2) is 57.4 Å². The highest BCUT2D eigenvalue weighted by atomic mass is 32.1. The first-order valence-electron chi connectivity index (χ1n) is 10.3. The van der Waals surface area contributed by atoms with Gasteiger partial charge in [-0.15, -0.1) is 0 Å². The Morgan fingerprint density at radius 3 is 2.56 bits per heavy atom. The van der Waals surface area contributed by atoms with Crippen molar-refractivity contribution in [2.45, 2.75) is 31.9 Å². The largest absolute Gasteiger partial charge is 0.444 e. The molecule has 0 aliphatic carbocycles. The van der Waals surface area contributed by atoms with Crippen LogP contribution in [0.5, 0.6) is 0 Å². The SMILES string of the molecule is CC(C)(C)OC(=O)N1CC(CO)C(NC(=S)NC(=O)c2ccccc2)(c2cccnc2)C1. The Bertz CT molecular complexity index is 965. The lowest BCUT2D eigenvalue weighted by Crippen LogP contribution is -2.56. The van der Waals surface area contributed by atoms with Crippen LogP contribution in [0.25, 0.3) is 0 Å². The third-order valence-corrected chi connectivity index (χ3v) is 5.43. The maximum absolute atomic E-state index is 12.8. The fourth-order valence-electron chi connectivity index (χ4n) is 3.76. The van der Waals surface area contributed by atoms with Crippen LogP contribution in [0.4, 0.5) is 4.79 Å². The minimum absolute atomic E-state index is 0.0900. The molecule has 1 aromatic carbocycles. The van der Waals surface area contributed by atoms with Crippen LogP contribution >= 0.6 is 12.2 Å². The van der Waals surface area contributed by atoms with Gasteiger partial charge in [0.05, 0.1) is 18.7 Å². The van der Waals surface area contributed by atoms with E-state index in [-0.39, 0.29) is 30.7 Å². The predicted octanol–water partition coefficient (Wildman–Crippen LogP) is 2.44. The lowest BCUT2D eigenvalue weighted by molar-refractivity contribution is 0.0277. The Balaban J connectivity index is 1.87. The predicted molar refractivity (Wildman–Crippen MR) is 124 cm³/mol. The summed E-state index contributed by atoms with van der Waals surface area (Å²) >= 11 is 5.45. The molecule has 32 heavy (non-hydrogen) atoms. The zero-order valence-corrected chi connectivity index (χ0v) is 19.2. The highest BCUT2D eigenvalue weighted by Gasteiger charge is 2.50. The van der Waals surface area contributed by atoms with Crippen LogP contribution in [0.15, 0.2) is 54.9 Å². The highest BCUT2D eigenvalue weighted by molar-refractivity contribution is 7.80. The summed E-state index contributed by atoms with van der Waals surface area (Å²) in [7, 11) is 0. The number of carbonyl (C=O) groups excluding carboxylic acids is 2. The maximum atomic E-state index is 12.8. The second kappa shape index (κ2) is 9.62. The second-order valence-electron chi connectivity index (χ2n) is 8.73. The molecule has 2 unspecified atom stereocenters. The van der Waals surface area contributed by atoms with Crippen molar-refractivity contribution >= 4 is 29.3 Å². The highest BCUT2D eigenvalue weighted by Crippen LogP contribution is 2.37. The van der Waals surface area contributed by atoms with Gasteiger partial charge in [-0.1, -0.05) is 24.3 Å². The van der Waals surface area contributed by atoms with Crippen LogP contribution in [0.2, 0.25) is 0 Å². The van der Waals surface area contributed by atoms with Crippen molar-refractivity contribution in [2.24, 2.45) is 5.92 Å². The zero-order valence-electron chi connectivity index (χ0n) is 18.4. The van der Waals surface area contributed by atoms with Crippen molar-refractivity contribution < 1.29 is 19.4 Å². The molecule has 9 heteroatoms. The van der Waals surface area contributed by atoms with E-state index in [2.05, 4.69) is 15.6 Å². The van der Waals surface area contributed by atoms with Gasteiger partial charge >= 0.3 is 6.09 Å². The summed E-state index contributed by atoms with van der Waals surface area (Å²) in [6.07, 6.45) is 2.82. The molecular formula is C23H28N4O4S. The lowest BCUT2D eigenvalue weighted by atomic mass is 9.81. The van der Waals surface area contributed by atoms with Crippen molar-refractivity contribution in [1.29, 1.82) is 0 Å². The third-order valence-electron chi connectivity index (χ3n) is 5.23. The first-order valence-corrected chi connectivity index (χ1v) is 10.7. The molecule has 0 spiro atoms. The van der Waals surface area contributed by atoms with Gasteiger partial charge in [-0.25, -0.2) is 4.79 Å². The Labute approximate surface area is 193 Å². The molecular weight excluding hydrogens is 428 g/mol. The molecule has 2 atom stereocenters. The van der Waals surface area contributed by atoms with E-state index in [1.54, 1.807) is 63.5 Å². The number of benzene rings is 1. The molecule has 1 aliphatic rings. The summed E-state index contributed by atoms with van der Waals surface area (Å²) in [5, 5.41) is 16.2. The van der Waals surface area contributed by atoms with Crippen LogP contribution in [0, 0.1) is 5.92 Å². The molecule has 1 aromatic heterocycles. The van der Waals surface area contributed by atoms with E-state index < -0.39 is 23.2 Å². The van der Waals surface area contributed by atoms with Gasteiger partial charge in [0.2, 0.25) is 0 Å². The molecule has 1 aliphatic heterocycles. The molecule has 2 aromatic rings. The van der Waals surface area contributed by atoms with Crippen molar-refractivity contribution in [3.63, 3.8) is 0 Å². The first kappa shape index (κ1) is 23.6. The third kappa shape index (κ3) is 5.41. The monoisotopic (exact) mass is 456 g/mol. The van der Waals surface area contributed by atoms with E-state index in [1.807, 2.05) is 12.1 Å². The van der Waals surface area contributed by atoms with Crippen molar-refractivity contribution in [3.05, 3.63) is 66.0 Å². The number of aliphatic hydroxyl groups is 1. The Kier molecular flexibility index (Phi) is 7.10. The van der Waals surface area contributed by atoms with Crippen molar-refractivity contribution in [3.8, 4) is 0 Å². The molecule has 1 fully saturated rings. The van der Waals surface area contributed by atoms with Crippen LogP contribution in [-0.2, 0) is 10.3 Å². The maximum Gasteiger partial charge on any atom is 0.410 e. The Morgan fingerprint density at radius 2 is 1.97 bits per heavy atom. The van der Waals surface area contributed by atoms with Gasteiger partial charge in [0.1, 0.15) is 5.60 Å². The molecule has 170 valence electrons. The number of hydrogen-bond donors (Lipinski definition) is 3. The molecule has 3 rings (SSSR count). The van der Waals surface area contributed by atoms with E-state index >= 15 is 0 Å². The van der Waals surface area contributed by atoms with Crippen LogP contribution in [0.3, 0.4) is 0 Å². The molecule has 2 heterocycles. The van der Waals surface area contributed by atoms with Crippen molar-refractivity contribution in [1.82, 2.24) is 20.5 Å². The topological polar surface area (TPSA) is 104 Å². The standard InChI is InChI=1S/C23H28N4O4S/c1-22(2,3)31-21(30)27-13-18(14-28)23(15-27,17-10-7-11-24-12-17)26-20(32)25-19(29)16-8-5-4-6-9-16/h4-12,18,28H,13-15H2,1-3H3,(H2,25,26,29,32). The van der Waals surface area contributed by atoms with Crippen LogP contribution in [0.1, 0.15) is 36.7 Å². The van der Waals surface area contributed by atoms with Gasteiger partial charge in [-0.2, -0.15) is 0 Å². The Morgan fingerprint density at radius 1 is 1.25 bits per heavy atom. The molecule has 3 N–H and O–H groups in total. The number of aromatic nitrogens is 1. The van der Waals surface area contributed by atoms with Gasteiger partial charge in [0.15, 0.2) is 5.11 Å². The quantitative estimate of drug-likeness (QED) is 0.607. The van der Waals surface area contributed by atoms with Gasteiger partial charge in [0.25, 0.3) is 5.91 Å². The number of carbonyl (C=O) groups is 2. The summed E-state index contributed by atoms with van der Waals surface area (Å²) in [5.41, 5.74) is -0.410. The first-order chi connectivity index (χ1) is 15.1. The summed E-state index contributed by atoms with van der Waals surface area (Å²) in [4.78, 5) is 31.1. The number of pyridine rings is 1. The van der Waals surface area contributed by atoms with E-state index in [9.17, 15) is 14.7 Å². The van der Waals surface area contributed by atoms with Gasteiger partial charge in [0, 0.05) is 30.4 Å². The van der Waals surface area contributed by atoms with Crippen LogP contribution < -0.4 is 10.6 Å². The zero-order chi connectivity index (χ0) is 23.4. The average Bonchev–Trinajstić information content (AvgIpc) is 3.13. The summed E-state index contributed by atoms with van der Waals surface area (Å²) < 4.78 is 5.53. The van der Waals surface area contributed by atoms with Crippen molar-refractivity contribution in [2.75, 3.05) is 19.7 Å². The van der Waals surface area contributed by atoms with E-state index in [0.717, 1.165) is 5.56 Å². The minimum atomic E-state index is -0.957. The fraction of sp³-hybridized carbons (Fsp3) is 0.391. The van der Waals surface area contributed by atoms with E-state index in [4.69, 9.17) is 17.0 Å². The number of nitrogens with one attached hydrogen (secondary N) is 2. The molecule has 8 nitrogen and oxygen atoms in total. The molecule has 2 amide bonds. The average molecular weight is 457 g/mol. The Hall–Kier alpha value is -3.04. The number of hydrogen-bond acceptors (Lipinski definition) is 6. The van der Waals surface area contributed by atoms with Gasteiger partial charge in [-0.05, 0) is 56.8 Å². The summed E-state index contributed by atoms with van der Waals surface area (Å²) in [6, 6.07) is 12.3. The fourth-order valence-corrected chi connectivity index (χ4v) is 4.04. The number of ether oxygens (including phenoxy) is 1. The second-order valence-corrected chi connectivity index (χ2v) is 9.14. The number of nitrogens with zero attached hydrogens (tertiary/aromatic N) is 2. The summed E-state index contributed by atoms with van der Waals surface area (Å²) in [5.74, 6) is -0.766. The minimum Gasteiger partial charge on any atom is -0.444 e. The van der Waals surface area contributed by atoms with Gasteiger partial charge < -0.3 is 20.1 Å². The molecule has 0 saturated carbocycles. The normalized spacial score (nSPS) is 20.5. The molecule has 1 saturated heterocycles. The molecule has 0 bridgehead atoms. The summed E-state index contributed by atoms with van der Waals surface area (Å²) in [6.45, 7) is 5.61. The molecule has 0 radical (unpaired) electrons. The number of thiocarbonyl (C=S) groups is 1. The number of likely N-dealkylation sites (tertiary alicyclic amines) is 1. The number of aliphatic hydroxyl groups excluding tert-OH is 1. The smallest absolute Gasteiger partial charge is 0.410 e. The number of amides is 2. The lowest BCUT2D eigenvalue weighted by Gasteiger charge is -2.36. The van der Waals surface area contributed by atoms with E-state index in [0.29, 0.717) is 5.56 Å².